The molecular weight excluding hydrogens is 372 g/mol. The molecule has 0 spiro atoms. The van der Waals surface area contributed by atoms with E-state index in [1.54, 1.807) is 31.4 Å². The van der Waals surface area contributed by atoms with E-state index in [9.17, 15) is 14.7 Å². The molecule has 2 fully saturated rings. The van der Waals surface area contributed by atoms with Gasteiger partial charge in [-0.1, -0.05) is 24.3 Å². The summed E-state index contributed by atoms with van der Waals surface area (Å²) >= 11 is 0. The van der Waals surface area contributed by atoms with Gasteiger partial charge in [0.25, 0.3) is 0 Å². The SMILES string of the molecule is COC(=O)C1(c2ccc(OC)c(C3CC3(C(=O)OC)c3ccc(O)cc3)c2)CC1. The summed E-state index contributed by atoms with van der Waals surface area (Å²) in [5.74, 6) is 0.100. The molecule has 4 rings (SSSR count). The van der Waals surface area contributed by atoms with Gasteiger partial charge in [-0.2, -0.15) is 0 Å². The van der Waals surface area contributed by atoms with Gasteiger partial charge >= 0.3 is 11.9 Å². The zero-order valence-electron chi connectivity index (χ0n) is 16.7. The molecule has 2 aliphatic rings. The minimum absolute atomic E-state index is 0.138. The maximum absolute atomic E-state index is 12.8. The van der Waals surface area contributed by atoms with E-state index in [0.29, 0.717) is 12.2 Å². The molecule has 2 aliphatic carbocycles. The van der Waals surface area contributed by atoms with Crippen LogP contribution in [0.1, 0.15) is 41.9 Å². The van der Waals surface area contributed by atoms with Crippen LogP contribution in [0.5, 0.6) is 11.5 Å². The van der Waals surface area contributed by atoms with Crippen LogP contribution in [-0.4, -0.2) is 38.4 Å². The van der Waals surface area contributed by atoms with Crippen molar-refractivity contribution in [2.75, 3.05) is 21.3 Å². The Kier molecular flexibility index (Phi) is 4.52. The predicted molar refractivity (Wildman–Crippen MR) is 105 cm³/mol. The number of hydrogen-bond donors (Lipinski definition) is 1. The van der Waals surface area contributed by atoms with Crippen LogP contribution in [-0.2, 0) is 29.9 Å². The highest BCUT2D eigenvalue weighted by Gasteiger charge is 2.64. The zero-order valence-corrected chi connectivity index (χ0v) is 16.7. The molecule has 2 saturated carbocycles. The fourth-order valence-corrected chi connectivity index (χ4v) is 4.48. The number of hydrogen-bond acceptors (Lipinski definition) is 6. The highest BCUT2D eigenvalue weighted by molar-refractivity contribution is 5.90. The highest BCUT2D eigenvalue weighted by Crippen LogP contribution is 2.63. The Balaban J connectivity index is 1.78. The molecule has 29 heavy (non-hydrogen) atoms. The Bertz CT molecular complexity index is 960. The molecule has 2 unspecified atom stereocenters. The van der Waals surface area contributed by atoms with Gasteiger partial charge in [0.1, 0.15) is 16.9 Å². The summed E-state index contributed by atoms with van der Waals surface area (Å²) in [5, 5.41) is 9.63. The second-order valence-electron chi connectivity index (χ2n) is 7.80. The lowest BCUT2D eigenvalue weighted by atomic mass is 9.87. The summed E-state index contributed by atoms with van der Waals surface area (Å²) in [4.78, 5) is 25.1. The molecule has 0 radical (unpaired) electrons. The first kappa shape index (κ1) is 19.3. The van der Waals surface area contributed by atoms with E-state index < -0.39 is 10.8 Å². The summed E-state index contributed by atoms with van der Waals surface area (Å²) in [5.41, 5.74) is 1.11. The molecule has 6 heteroatoms. The number of ether oxygens (including phenoxy) is 3. The lowest BCUT2D eigenvalue weighted by Gasteiger charge is -2.19. The molecular formula is C23H24O6. The minimum atomic E-state index is -0.837. The molecule has 0 heterocycles. The molecule has 0 aromatic heterocycles. The van der Waals surface area contributed by atoms with Crippen LogP contribution in [0.4, 0.5) is 0 Å². The van der Waals surface area contributed by atoms with E-state index in [-0.39, 0.29) is 23.6 Å². The molecule has 2 aromatic carbocycles. The Morgan fingerprint density at radius 1 is 0.931 bits per heavy atom. The van der Waals surface area contributed by atoms with Crippen molar-refractivity contribution in [2.45, 2.75) is 36.0 Å². The number of methoxy groups -OCH3 is 3. The van der Waals surface area contributed by atoms with E-state index in [1.165, 1.54) is 14.2 Å². The normalized spacial score (nSPS) is 23.8. The van der Waals surface area contributed by atoms with E-state index in [2.05, 4.69) is 0 Å². The van der Waals surface area contributed by atoms with Crippen molar-refractivity contribution in [3.05, 3.63) is 59.2 Å². The first-order valence-electron chi connectivity index (χ1n) is 9.57. The maximum atomic E-state index is 12.8. The molecule has 1 N–H and O–H groups in total. The number of phenolic OH excluding ortho intramolecular Hbond substituents is 1. The predicted octanol–water partition coefficient (Wildman–Crippen LogP) is 3.20. The zero-order chi connectivity index (χ0) is 20.8. The Hall–Kier alpha value is -3.02. The van der Waals surface area contributed by atoms with Crippen LogP contribution < -0.4 is 4.74 Å². The maximum Gasteiger partial charge on any atom is 0.316 e. The van der Waals surface area contributed by atoms with Gasteiger partial charge in [-0.15, -0.1) is 0 Å². The summed E-state index contributed by atoms with van der Waals surface area (Å²) < 4.78 is 15.7. The van der Waals surface area contributed by atoms with Crippen LogP contribution in [0.2, 0.25) is 0 Å². The summed E-state index contributed by atoms with van der Waals surface area (Å²) in [6.07, 6.45) is 2.06. The van der Waals surface area contributed by atoms with Crippen molar-refractivity contribution in [2.24, 2.45) is 0 Å². The molecule has 0 aliphatic heterocycles. The van der Waals surface area contributed by atoms with Crippen LogP contribution >= 0.6 is 0 Å². The van der Waals surface area contributed by atoms with E-state index in [1.807, 2.05) is 18.2 Å². The standard InChI is InChI=1S/C23H24O6/c1-27-19-9-6-15(22(10-11-22)20(25)28-2)12-17(19)18-13-23(18,21(26)29-3)14-4-7-16(24)8-5-14/h4-9,12,18,24H,10-11,13H2,1-3H3. The van der Waals surface area contributed by atoms with Gasteiger partial charge in [0.2, 0.25) is 0 Å². The van der Waals surface area contributed by atoms with Gasteiger partial charge in [0, 0.05) is 5.92 Å². The molecule has 2 atom stereocenters. The number of esters is 2. The molecule has 0 amide bonds. The van der Waals surface area contributed by atoms with Gasteiger partial charge in [-0.25, -0.2) is 0 Å². The average molecular weight is 396 g/mol. The van der Waals surface area contributed by atoms with Gasteiger partial charge in [-0.05, 0) is 54.2 Å². The topological polar surface area (TPSA) is 82.1 Å². The third-order valence-electron chi connectivity index (χ3n) is 6.38. The molecule has 152 valence electrons. The number of benzene rings is 2. The third-order valence-corrected chi connectivity index (χ3v) is 6.38. The van der Waals surface area contributed by atoms with Crippen molar-refractivity contribution in [1.82, 2.24) is 0 Å². The highest BCUT2D eigenvalue weighted by atomic mass is 16.5. The molecule has 0 saturated heterocycles. The average Bonchev–Trinajstić information content (AvgIpc) is 3.67. The smallest absolute Gasteiger partial charge is 0.316 e. The lowest BCUT2D eigenvalue weighted by molar-refractivity contribution is -0.144. The Morgan fingerprint density at radius 3 is 2.10 bits per heavy atom. The van der Waals surface area contributed by atoms with Gasteiger partial charge in [-0.3, -0.25) is 9.59 Å². The van der Waals surface area contributed by atoms with Crippen molar-refractivity contribution in [3.63, 3.8) is 0 Å². The Morgan fingerprint density at radius 2 is 1.55 bits per heavy atom. The second kappa shape index (κ2) is 6.79. The number of rotatable bonds is 6. The van der Waals surface area contributed by atoms with Crippen LogP contribution in [0.25, 0.3) is 0 Å². The van der Waals surface area contributed by atoms with Crippen molar-refractivity contribution in [3.8, 4) is 11.5 Å². The van der Waals surface area contributed by atoms with E-state index in [4.69, 9.17) is 14.2 Å². The number of carbonyl (C=O) groups excluding carboxylic acids is 2. The number of phenols is 1. The minimum Gasteiger partial charge on any atom is -0.508 e. The summed E-state index contributed by atoms with van der Waals surface area (Å²) in [6, 6.07) is 12.4. The second-order valence-corrected chi connectivity index (χ2v) is 7.80. The number of carbonyl (C=O) groups is 2. The number of aromatic hydroxyl groups is 1. The quantitative estimate of drug-likeness (QED) is 0.755. The summed E-state index contributed by atoms with van der Waals surface area (Å²) in [6.45, 7) is 0. The van der Waals surface area contributed by atoms with Crippen molar-refractivity contribution < 1.29 is 28.9 Å². The lowest BCUT2D eigenvalue weighted by Crippen LogP contribution is -2.25. The molecule has 2 aromatic rings. The monoisotopic (exact) mass is 396 g/mol. The van der Waals surface area contributed by atoms with Crippen molar-refractivity contribution >= 4 is 11.9 Å². The van der Waals surface area contributed by atoms with E-state index >= 15 is 0 Å². The third kappa shape index (κ3) is 2.85. The van der Waals surface area contributed by atoms with E-state index in [0.717, 1.165) is 29.5 Å². The summed E-state index contributed by atoms with van der Waals surface area (Å²) in [7, 11) is 4.37. The van der Waals surface area contributed by atoms with Crippen LogP contribution in [0.15, 0.2) is 42.5 Å². The Labute approximate surface area is 169 Å². The first-order chi connectivity index (χ1) is 13.9. The van der Waals surface area contributed by atoms with Gasteiger partial charge in [0.05, 0.1) is 26.7 Å². The molecule has 6 nitrogen and oxygen atoms in total. The fourth-order valence-electron chi connectivity index (χ4n) is 4.48. The fraction of sp³-hybridized carbons (Fsp3) is 0.391. The molecule has 0 bridgehead atoms. The largest absolute Gasteiger partial charge is 0.508 e. The van der Waals surface area contributed by atoms with Gasteiger partial charge < -0.3 is 19.3 Å². The van der Waals surface area contributed by atoms with Crippen LogP contribution in [0, 0.1) is 0 Å². The van der Waals surface area contributed by atoms with Gasteiger partial charge in [0.15, 0.2) is 0 Å². The van der Waals surface area contributed by atoms with Crippen molar-refractivity contribution in [1.29, 1.82) is 0 Å². The first-order valence-corrected chi connectivity index (χ1v) is 9.57. The van der Waals surface area contributed by atoms with Crippen LogP contribution in [0.3, 0.4) is 0 Å².